The largest absolute Gasteiger partial charge is 0.478 e. The van der Waals surface area contributed by atoms with Gasteiger partial charge in [-0.15, -0.1) is 11.3 Å². The maximum Gasteiger partial charge on any atom is 0.335 e. The van der Waals surface area contributed by atoms with Crippen LogP contribution in [0.2, 0.25) is 0 Å². The number of ether oxygens (including phenoxy) is 1. The molecule has 0 bridgehead atoms. The Hall–Kier alpha value is -2.47. The predicted octanol–water partition coefficient (Wildman–Crippen LogP) is 3.18. The Balaban J connectivity index is 1.99. The van der Waals surface area contributed by atoms with Crippen LogP contribution < -0.4 is 4.74 Å². The molecule has 0 aliphatic carbocycles. The van der Waals surface area contributed by atoms with Crippen molar-refractivity contribution in [2.75, 3.05) is 0 Å². The summed E-state index contributed by atoms with van der Waals surface area (Å²) in [7, 11) is 0. The van der Waals surface area contributed by atoms with Crippen LogP contribution in [0.1, 0.15) is 10.4 Å². The summed E-state index contributed by atoms with van der Waals surface area (Å²) in [6.45, 7) is 0. The lowest BCUT2D eigenvalue weighted by molar-refractivity contribution is 0.0696. The monoisotopic (exact) mass is 272 g/mol. The molecule has 0 fully saturated rings. The zero-order valence-electron chi connectivity index (χ0n) is 9.61. The molecule has 0 unspecified atom stereocenters. The summed E-state index contributed by atoms with van der Waals surface area (Å²) in [5.74, 6) is -0.131. The van der Waals surface area contributed by atoms with Gasteiger partial charge in [0.2, 0.25) is 5.88 Å². The smallest absolute Gasteiger partial charge is 0.335 e. The van der Waals surface area contributed by atoms with Crippen LogP contribution in [0, 0.1) is 0 Å². The highest BCUT2D eigenvalue weighted by Crippen LogP contribution is 2.29. The quantitative estimate of drug-likeness (QED) is 0.792. The van der Waals surface area contributed by atoms with Crippen molar-refractivity contribution in [1.29, 1.82) is 0 Å². The minimum Gasteiger partial charge on any atom is -0.478 e. The van der Waals surface area contributed by atoms with E-state index in [4.69, 9.17) is 9.84 Å². The van der Waals surface area contributed by atoms with E-state index in [9.17, 15) is 4.79 Å². The van der Waals surface area contributed by atoms with Crippen LogP contribution in [0.25, 0.3) is 10.2 Å². The topological polar surface area (TPSA) is 72.3 Å². The Kier molecular flexibility index (Phi) is 2.85. The molecule has 0 aliphatic rings. The number of benzene rings is 1. The lowest BCUT2D eigenvalue weighted by Crippen LogP contribution is -1.96. The van der Waals surface area contributed by atoms with Gasteiger partial charge < -0.3 is 9.84 Å². The Bertz CT molecular complexity index is 754. The average molecular weight is 272 g/mol. The molecule has 0 saturated heterocycles. The first-order valence-corrected chi connectivity index (χ1v) is 6.31. The molecule has 1 N–H and O–H groups in total. The van der Waals surface area contributed by atoms with Crippen molar-refractivity contribution in [3.8, 4) is 11.6 Å². The van der Waals surface area contributed by atoms with Gasteiger partial charge in [-0.05, 0) is 29.6 Å². The number of carbonyl (C=O) groups is 1. The summed E-state index contributed by atoms with van der Waals surface area (Å²) < 4.78 is 5.63. The fraction of sp³-hybridized carbons (Fsp3) is 0. The lowest BCUT2D eigenvalue weighted by atomic mass is 10.2. The Morgan fingerprint density at radius 2 is 2.16 bits per heavy atom. The maximum atomic E-state index is 10.9. The second-order valence-corrected chi connectivity index (χ2v) is 4.65. The number of carboxylic acids is 1. The lowest BCUT2D eigenvalue weighted by Gasteiger charge is -2.05. The van der Waals surface area contributed by atoms with Crippen LogP contribution in [-0.2, 0) is 0 Å². The molecule has 0 aliphatic heterocycles. The molecule has 0 saturated carbocycles. The van der Waals surface area contributed by atoms with E-state index < -0.39 is 5.97 Å². The number of hydrogen-bond acceptors (Lipinski definition) is 5. The molecule has 19 heavy (non-hydrogen) atoms. The molecular weight excluding hydrogens is 264 g/mol. The third-order valence-corrected chi connectivity index (χ3v) is 3.34. The van der Waals surface area contributed by atoms with E-state index in [1.165, 1.54) is 29.8 Å². The fourth-order valence-corrected chi connectivity index (χ4v) is 2.38. The van der Waals surface area contributed by atoms with Crippen LogP contribution in [0.15, 0.2) is 42.0 Å². The van der Waals surface area contributed by atoms with Crippen LogP contribution in [-0.4, -0.2) is 21.0 Å². The van der Waals surface area contributed by atoms with E-state index >= 15 is 0 Å². The number of aromatic carboxylic acids is 1. The first kappa shape index (κ1) is 11.6. The second-order valence-electron chi connectivity index (χ2n) is 3.75. The van der Waals surface area contributed by atoms with Gasteiger partial charge in [0.25, 0.3) is 0 Å². The van der Waals surface area contributed by atoms with Crippen LogP contribution in [0.4, 0.5) is 0 Å². The van der Waals surface area contributed by atoms with Crippen LogP contribution >= 0.6 is 11.3 Å². The number of rotatable bonds is 3. The van der Waals surface area contributed by atoms with Gasteiger partial charge >= 0.3 is 5.97 Å². The molecule has 1 aromatic carbocycles. The second kappa shape index (κ2) is 4.66. The van der Waals surface area contributed by atoms with Crippen molar-refractivity contribution in [1.82, 2.24) is 9.97 Å². The van der Waals surface area contributed by atoms with Crippen molar-refractivity contribution in [3.63, 3.8) is 0 Å². The average Bonchev–Trinajstić information content (AvgIpc) is 2.88. The van der Waals surface area contributed by atoms with E-state index in [1.807, 2.05) is 11.4 Å². The van der Waals surface area contributed by atoms with Crippen molar-refractivity contribution in [3.05, 3.63) is 47.6 Å². The number of fused-ring (bicyclic) bond motifs is 1. The Morgan fingerprint density at radius 3 is 3.00 bits per heavy atom. The van der Waals surface area contributed by atoms with Crippen molar-refractivity contribution < 1.29 is 14.6 Å². The number of carboxylic acid groups (broad SMARTS) is 1. The first-order chi connectivity index (χ1) is 9.24. The minimum absolute atomic E-state index is 0.174. The van der Waals surface area contributed by atoms with E-state index in [0.29, 0.717) is 11.6 Å². The summed E-state index contributed by atoms with van der Waals surface area (Å²) >= 11 is 1.49. The van der Waals surface area contributed by atoms with Crippen LogP contribution in [0.5, 0.6) is 11.6 Å². The zero-order chi connectivity index (χ0) is 13.2. The summed E-state index contributed by atoms with van der Waals surface area (Å²) in [5, 5.41) is 11.7. The highest BCUT2D eigenvalue weighted by atomic mass is 32.1. The molecular formula is C13H8N2O3S. The van der Waals surface area contributed by atoms with Gasteiger partial charge in [0, 0.05) is 0 Å². The van der Waals surface area contributed by atoms with Gasteiger partial charge in [0.05, 0.1) is 10.9 Å². The molecule has 0 amide bonds. The third-order valence-electron chi connectivity index (χ3n) is 2.52. The molecule has 2 aromatic heterocycles. The van der Waals surface area contributed by atoms with Gasteiger partial charge in [-0.2, -0.15) is 0 Å². The van der Waals surface area contributed by atoms with E-state index in [-0.39, 0.29) is 5.56 Å². The molecule has 94 valence electrons. The number of hydrogen-bond donors (Lipinski definition) is 1. The summed E-state index contributed by atoms with van der Waals surface area (Å²) in [6, 6.07) is 8.16. The first-order valence-electron chi connectivity index (χ1n) is 5.43. The van der Waals surface area contributed by atoms with Gasteiger partial charge in [-0.25, -0.2) is 14.8 Å². The normalized spacial score (nSPS) is 10.5. The molecule has 3 rings (SSSR count). The molecule has 0 radical (unpaired) electrons. The SMILES string of the molecule is O=C(O)c1cccc(Oc2ncnc3sccc23)c1. The van der Waals surface area contributed by atoms with Gasteiger partial charge in [0.15, 0.2) is 0 Å². The van der Waals surface area contributed by atoms with E-state index in [0.717, 1.165) is 10.2 Å². The zero-order valence-corrected chi connectivity index (χ0v) is 10.4. The summed E-state index contributed by atoms with van der Waals surface area (Å²) in [5.41, 5.74) is 0.174. The maximum absolute atomic E-state index is 10.9. The minimum atomic E-state index is -0.992. The fourth-order valence-electron chi connectivity index (χ4n) is 1.65. The van der Waals surface area contributed by atoms with Crippen molar-refractivity contribution in [2.24, 2.45) is 0 Å². The van der Waals surface area contributed by atoms with Gasteiger partial charge in [-0.1, -0.05) is 6.07 Å². The standard InChI is InChI=1S/C13H8N2O3S/c16-13(17)8-2-1-3-9(6-8)18-11-10-4-5-19-12(10)15-7-14-11/h1-7H,(H,16,17). The molecule has 2 heterocycles. The number of aromatic nitrogens is 2. The summed E-state index contributed by atoms with van der Waals surface area (Å²) in [6.07, 6.45) is 1.43. The molecule has 0 atom stereocenters. The van der Waals surface area contributed by atoms with Crippen molar-refractivity contribution >= 4 is 27.5 Å². The van der Waals surface area contributed by atoms with Gasteiger partial charge in [-0.3, -0.25) is 0 Å². The highest BCUT2D eigenvalue weighted by molar-refractivity contribution is 7.16. The van der Waals surface area contributed by atoms with E-state index in [1.54, 1.807) is 12.1 Å². The molecule has 5 nitrogen and oxygen atoms in total. The van der Waals surface area contributed by atoms with E-state index in [2.05, 4.69) is 9.97 Å². The Labute approximate surface area is 112 Å². The molecule has 6 heteroatoms. The van der Waals surface area contributed by atoms with Gasteiger partial charge in [0.1, 0.15) is 16.9 Å². The Morgan fingerprint density at radius 1 is 1.26 bits per heavy atom. The predicted molar refractivity (Wildman–Crippen MR) is 70.9 cm³/mol. The molecule has 3 aromatic rings. The summed E-state index contributed by atoms with van der Waals surface area (Å²) in [4.78, 5) is 19.9. The number of nitrogens with zero attached hydrogens (tertiary/aromatic N) is 2. The van der Waals surface area contributed by atoms with Crippen LogP contribution in [0.3, 0.4) is 0 Å². The molecule has 0 spiro atoms. The highest BCUT2D eigenvalue weighted by Gasteiger charge is 2.09. The van der Waals surface area contributed by atoms with Crippen molar-refractivity contribution in [2.45, 2.75) is 0 Å². The number of thiophene rings is 1. The third kappa shape index (κ3) is 2.25.